The Labute approximate surface area is 170 Å². The van der Waals surface area contributed by atoms with Gasteiger partial charge >= 0.3 is 6.61 Å². The van der Waals surface area contributed by atoms with Crippen molar-refractivity contribution < 1.29 is 23.4 Å². The van der Waals surface area contributed by atoms with Gasteiger partial charge in [-0.1, -0.05) is 0 Å². The lowest BCUT2D eigenvalue weighted by Gasteiger charge is -2.28. The molecule has 0 spiro atoms. The number of alkyl halides is 2. The van der Waals surface area contributed by atoms with Gasteiger partial charge in [-0.05, 0) is 32.6 Å². The third-order valence-electron chi connectivity index (χ3n) is 5.19. The molecule has 0 aromatic carbocycles. The summed E-state index contributed by atoms with van der Waals surface area (Å²) in [6.45, 7) is 2.16. The summed E-state index contributed by atoms with van der Waals surface area (Å²) < 4.78 is 36.2. The van der Waals surface area contributed by atoms with Crippen molar-refractivity contribution in [1.82, 2.24) is 29.9 Å². The predicted octanol–water partition coefficient (Wildman–Crippen LogP) is 2.94. The second kappa shape index (κ2) is 8.48. The number of anilines is 2. The summed E-state index contributed by atoms with van der Waals surface area (Å²) in [6.07, 6.45) is 2.50. The average Bonchev–Trinajstić information content (AvgIpc) is 3.31. The quantitative estimate of drug-likeness (QED) is 0.530. The normalized spacial score (nSPS) is 17.4. The van der Waals surface area contributed by atoms with E-state index in [0.29, 0.717) is 41.8 Å². The van der Waals surface area contributed by atoms with Crippen LogP contribution in [-0.4, -0.2) is 54.9 Å². The molecule has 0 bridgehead atoms. The minimum Gasteiger partial charge on any atom is -0.417 e. The van der Waals surface area contributed by atoms with Gasteiger partial charge in [0.25, 0.3) is 0 Å². The largest absolute Gasteiger partial charge is 0.417 e. The number of hydrogen-bond acceptors (Lipinski definition) is 8. The van der Waals surface area contributed by atoms with Crippen LogP contribution in [-0.2, 0) is 4.74 Å². The number of aromatic nitrogens is 6. The van der Waals surface area contributed by atoms with Crippen molar-refractivity contribution >= 4 is 22.8 Å². The number of aliphatic hydroxyl groups excluding tert-OH is 1. The van der Waals surface area contributed by atoms with E-state index in [2.05, 4.69) is 42.2 Å². The summed E-state index contributed by atoms with van der Waals surface area (Å²) in [4.78, 5) is 9.02. The molecule has 30 heavy (non-hydrogen) atoms. The van der Waals surface area contributed by atoms with Crippen molar-refractivity contribution in [1.29, 1.82) is 0 Å². The highest BCUT2D eigenvalue weighted by Crippen LogP contribution is 2.32. The molecule has 0 saturated carbocycles. The Bertz CT molecular complexity index is 1000. The van der Waals surface area contributed by atoms with Gasteiger partial charge in [-0.15, -0.1) is 0 Å². The molecule has 3 aromatic rings. The van der Waals surface area contributed by atoms with Crippen molar-refractivity contribution in [2.24, 2.45) is 5.92 Å². The molecule has 4 heterocycles. The molecule has 10 nitrogen and oxygen atoms in total. The molecule has 0 amide bonds. The molecule has 1 saturated heterocycles. The van der Waals surface area contributed by atoms with E-state index in [0.717, 1.165) is 12.8 Å². The van der Waals surface area contributed by atoms with Crippen molar-refractivity contribution in [2.45, 2.75) is 45.4 Å². The first kappa shape index (κ1) is 20.4. The van der Waals surface area contributed by atoms with Gasteiger partial charge in [0.15, 0.2) is 17.3 Å². The molecule has 0 unspecified atom stereocenters. The lowest BCUT2D eigenvalue weighted by molar-refractivity contribution is -0.0528. The predicted molar refractivity (Wildman–Crippen MR) is 103 cm³/mol. The highest BCUT2D eigenvalue weighted by atomic mass is 19.3. The molecule has 0 radical (unpaired) electrons. The van der Waals surface area contributed by atoms with E-state index in [4.69, 9.17) is 4.74 Å². The van der Waals surface area contributed by atoms with Gasteiger partial charge in [0, 0.05) is 19.3 Å². The molecule has 4 rings (SSSR count). The molecule has 1 aliphatic heterocycles. The first-order chi connectivity index (χ1) is 14.4. The maximum atomic E-state index is 12.3. The zero-order valence-corrected chi connectivity index (χ0v) is 16.5. The van der Waals surface area contributed by atoms with Crippen LogP contribution in [0.2, 0.25) is 0 Å². The number of halogens is 2. The fourth-order valence-electron chi connectivity index (χ4n) is 3.61. The number of nitrogens with zero attached hydrogens (tertiary/aromatic N) is 5. The van der Waals surface area contributed by atoms with Crippen LogP contribution in [0.1, 0.15) is 44.5 Å². The molecular weight excluding hydrogens is 400 g/mol. The minimum atomic E-state index is -2.95. The number of ether oxygens (including phenoxy) is 2. The Balaban J connectivity index is 1.65. The smallest absolute Gasteiger partial charge is 0.388 e. The third kappa shape index (κ3) is 4.19. The van der Waals surface area contributed by atoms with Crippen LogP contribution in [0.5, 0.6) is 5.88 Å². The third-order valence-corrected chi connectivity index (χ3v) is 5.19. The second-order valence-electron chi connectivity index (χ2n) is 7.24. The highest BCUT2D eigenvalue weighted by Gasteiger charge is 2.27. The van der Waals surface area contributed by atoms with Gasteiger partial charge in [0.2, 0.25) is 5.88 Å². The molecular formula is C18H23F2N7O3. The number of fused-ring (bicyclic) bond motifs is 1. The monoisotopic (exact) mass is 423 g/mol. The van der Waals surface area contributed by atoms with E-state index in [9.17, 15) is 13.9 Å². The Morgan fingerprint density at radius 2 is 2.07 bits per heavy atom. The van der Waals surface area contributed by atoms with E-state index < -0.39 is 12.7 Å². The van der Waals surface area contributed by atoms with Crippen LogP contribution in [0.15, 0.2) is 12.3 Å². The maximum Gasteiger partial charge on any atom is 0.388 e. The molecule has 12 heteroatoms. The van der Waals surface area contributed by atoms with Gasteiger partial charge in [-0.3, -0.25) is 0 Å². The van der Waals surface area contributed by atoms with Crippen molar-refractivity contribution in [3.05, 3.63) is 18.0 Å². The summed E-state index contributed by atoms with van der Waals surface area (Å²) in [5.41, 5.74) is 1.49. The van der Waals surface area contributed by atoms with Crippen molar-refractivity contribution in [2.75, 3.05) is 18.5 Å². The summed E-state index contributed by atoms with van der Waals surface area (Å²) in [5, 5.41) is 23.9. The number of rotatable bonds is 7. The Morgan fingerprint density at radius 1 is 1.30 bits per heavy atom. The van der Waals surface area contributed by atoms with Gasteiger partial charge < -0.3 is 19.9 Å². The van der Waals surface area contributed by atoms with E-state index in [-0.39, 0.29) is 17.7 Å². The molecule has 1 aliphatic rings. The fourth-order valence-corrected chi connectivity index (χ4v) is 3.61. The van der Waals surface area contributed by atoms with Crippen LogP contribution in [0.4, 0.5) is 20.4 Å². The number of hydrogen-bond donors (Lipinski definition) is 3. The molecule has 3 aromatic heterocycles. The first-order valence-electron chi connectivity index (χ1n) is 9.70. The van der Waals surface area contributed by atoms with Crippen LogP contribution >= 0.6 is 0 Å². The maximum absolute atomic E-state index is 12.3. The highest BCUT2D eigenvalue weighted by molar-refractivity contribution is 5.76. The van der Waals surface area contributed by atoms with Crippen LogP contribution in [0.25, 0.3) is 11.2 Å². The van der Waals surface area contributed by atoms with Crippen LogP contribution in [0, 0.1) is 5.92 Å². The molecule has 162 valence electrons. The summed E-state index contributed by atoms with van der Waals surface area (Å²) in [6, 6.07) is 1.33. The number of aromatic amines is 1. The zero-order valence-electron chi connectivity index (χ0n) is 16.5. The summed E-state index contributed by atoms with van der Waals surface area (Å²) >= 11 is 0. The standard InChI is InChI=1S/C18H23F2N7O3/c1-9(11-3-5-29-6-4-11)27-17-16(15(26-27)10(2)28)21-8-13(23-17)22-12-7-14(25-24-12)30-18(19)20/h7-11,18,28H,3-6H2,1-2H3,(H2,22,23,24,25)/t9-,10+/m0/s1. The molecule has 1 fully saturated rings. The van der Waals surface area contributed by atoms with E-state index in [1.165, 1.54) is 12.3 Å². The number of nitrogens with one attached hydrogen (secondary N) is 2. The van der Waals surface area contributed by atoms with Gasteiger partial charge in [-0.25, -0.2) is 19.7 Å². The zero-order chi connectivity index (χ0) is 21.3. The van der Waals surface area contributed by atoms with Gasteiger partial charge in [-0.2, -0.15) is 19.0 Å². The Kier molecular flexibility index (Phi) is 5.77. The van der Waals surface area contributed by atoms with Gasteiger partial charge in [0.05, 0.1) is 18.3 Å². The van der Waals surface area contributed by atoms with Crippen molar-refractivity contribution in [3.8, 4) is 5.88 Å². The SMILES string of the molecule is C[C@@H](O)c1nn([C@@H](C)C2CCOCC2)c2nc(Nc3cc(OC(F)F)[nH]n3)cnc12. The molecule has 2 atom stereocenters. The van der Waals surface area contributed by atoms with Crippen LogP contribution < -0.4 is 10.1 Å². The summed E-state index contributed by atoms with van der Waals surface area (Å²) in [5.74, 6) is 0.798. The second-order valence-corrected chi connectivity index (χ2v) is 7.24. The fraction of sp³-hybridized carbons (Fsp3) is 0.556. The lowest BCUT2D eigenvalue weighted by atomic mass is 9.93. The number of H-pyrrole nitrogens is 1. The van der Waals surface area contributed by atoms with E-state index in [1.54, 1.807) is 11.6 Å². The molecule has 0 aliphatic carbocycles. The number of aliphatic hydroxyl groups is 1. The van der Waals surface area contributed by atoms with E-state index >= 15 is 0 Å². The topological polar surface area (TPSA) is 123 Å². The van der Waals surface area contributed by atoms with Gasteiger partial charge in [0.1, 0.15) is 11.2 Å². The first-order valence-corrected chi connectivity index (χ1v) is 9.70. The summed E-state index contributed by atoms with van der Waals surface area (Å²) in [7, 11) is 0. The van der Waals surface area contributed by atoms with Crippen LogP contribution in [0.3, 0.4) is 0 Å². The lowest BCUT2D eigenvalue weighted by Crippen LogP contribution is -2.25. The molecule has 3 N–H and O–H groups in total. The minimum absolute atomic E-state index is 0.0323. The Hall–Kier alpha value is -2.86. The van der Waals surface area contributed by atoms with Crippen molar-refractivity contribution in [3.63, 3.8) is 0 Å². The Morgan fingerprint density at radius 3 is 2.77 bits per heavy atom. The van der Waals surface area contributed by atoms with E-state index in [1.807, 2.05) is 0 Å². The average molecular weight is 423 g/mol.